The van der Waals surface area contributed by atoms with Crippen LogP contribution >= 0.6 is 11.6 Å². The number of aromatic nitrogens is 4. The fourth-order valence-electron chi connectivity index (χ4n) is 3.13. The maximum Gasteiger partial charge on any atom is 0.323 e. The van der Waals surface area contributed by atoms with Gasteiger partial charge in [0.05, 0.1) is 17.1 Å². The fraction of sp³-hybridized carbons (Fsp3) is 0.182. The van der Waals surface area contributed by atoms with Crippen LogP contribution in [0.3, 0.4) is 0 Å². The lowest BCUT2D eigenvalue weighted by Crippen LogP contribution is -2.23. The highest BCUT2D eigenvalue weighted by Gasteiger charge is 2.14. The molecule has 0 aliphatic heterocycles. The standard InChI is InChI=1S/C22H20ClFN6O3/c1-13(2)29-12-25-21-26-15(10-20(31)30(21)29)11-33-19-8-7-14(23)9-18(19)28-22(32)27-17-6-4-3-5-16(17)24/h3-10,12-13H,11H2,1-2H3,(H2,27,28,32). The summed E-state index contributed by atoms with van der Waals surface area (Å²) in [6, 6.07) is 11.2. The summed E-state index contributed by atoms with van der Waals surface area (Å²) in [5, 5.41) is 5.38. The molecule has 0 radical (unpaired) electrons. The number of hydrogen-bond acceptors (Lipinski definition) is 5. The van der Waals surface area contributed by atoms with Crippen LogP contribution in [0.1, 0.15) is 25.6 Å². The molecule has 4 rings (SSSR count). The number of halogens is 2. The fourth-order valence-corrected chi connectivity index (χ4v) is 3.30. The maximum absolute atomic E-state index is 13.8. The average Bonchev–Trinajstić information content (AvgIpc) is 3.20. The zero-order valence-corrected chi connectivity index (χ0v) is 18.5. The summed E-state index contributed by atoms with van der Waals surface area (Å²) in [7, 11) is 0. The van der Waals surface area contributed by atoms with Gasteiger partial charge in [-0.3, -0.25) is 9.48 Å². The Kier molecular flexibility index (Phi) is 6.27. The van der Waals surface area contributed by atoms with Crippen molar-refractivity contribution in [3.8, 4) is 5.75 Å². The molecule has 0 aliphatic carbocycles. The van der Waals surface area contributed by atoms with Gasteiger partial charge in [0, 0.05) is 17.1 Å². The van der Waals surface area contributed by atoms with E-state index < -0.39 is 11.8 Å². The number of fused-ring (bicyclic) bond motifs is 1. The molecule has 2 amide bonds. The first-order valence-electron chi connectivity index (χ1n) is 10.0. The molecule has 0 fully saturated rings. The van der Waals surface area contributed by atoms with Gasteiger partial charge >= 0.3 is 6.03 Å². The molecule has 0 unspecified atom stereocenters. The molecule has 2 N–H and O–H groups in total. The van der Waals surface area contributed by atoms with Crippen LogP contribution in [0.25, 0.3) is 5.78 Å². The topological polar surface area (TPSA) is 103 Å². The first-order valence-corrected chi connectivity index (χ1v) is 10.4. The van der Waals surface area contributed by atoms with E-state index in [9.17, 15) is 14.0 Å². The highest BCUT2D eigenvalue weighted by Crippen LogP contribution is 2.29. The van der Waals surface area contributed by atoms with Crippen LogP contribution in [-0.2, 0) is 6.61 Å². The van der Waals surface area contributed by atoms with Gasteiger partial charge in [0.2, 0.25) is 0 Å². The van der Waals surface area contributed by atoms with Crippen molar-refractivity contribution in [1.82, 2.24) is 19.2 Å². The van der Waals surface area contributed by atoms with E-state index in [0.717, 1.165) is 0 Å². The van der Waals surface area contributed by atoms with Gasteiger partial charge in [-0.1, -0.05) is 23.7 Å². The van der Waals surface area contributed by atoms with Gasteiger partial charge in [0.15, 0.2) is 0 Å². The Balaban J connectivity index is 1.52. The molecule has 170 valence electrons. The van der Waals surface area contributed by atoms with Crippen LogP contribution in [0.4, 0.5) is 20.6 Å². The third-order valence-electron chi connectivity index (χ3n) is 4.67. The monoisotopic (exact) mass is 470 g/mol. The molecule has 0 aliphatic rings. The van der Waals surface area contributed by atoms with Crippen molar-refractivity contribution in [2.45, 2.75) is 26.5 Å². The average molecular weight is 471 g/mol. The van der Waals surface area contributed by atoms with Gasteiger partial charge in [-0.15, -0.1) is 0 Å². The van der Waals surface area contributed by atoms with Crippen molar-refractivity contribution in [2.24, 2.45) is 0 Å². The molecule has 0 saturated heterocycles. The van der Waals surface area contributed by atoms with Crippen molar-refractivity contribution < 1.29 is 13.9 Å². The Bertz CT molecular complexity index is 1380. The van der Waals surface area contributed by atoms with Crippen LogP contribution in [0, 0.1) is 5.82 Å². The lowest BCUT2D eigenvalue weighted by molar-refractivity contribution is 0.261. The molecule has 2 heterocycles. The van der Waals surface area contributed by atoms with Gasteiger partial charge in [-0.05, 0) is 44.2 Å². The van der Waals surface area contributed by atoms with E-state index >= 15 is 0 Å². The summed E-state index contributed by atoms with van der Waals surface area (Å²) in [6.45, 7) is 3.81. The zero-order chi connectivity index (χ0) is 23.5. The summed E-state index contributed by atoms with van der Waals surface area (Å²) in [4.78, 5) is 33.5. The van der Waals surface area contributed by atoms with Gasteiger partial charge in [0.1, 0.15) is 24.5 Å². The van der Waals surface area contributed by atoms with Crippen molar-refractivity contribution in [3.05, 3.63) is 81.7 Å². The first-order chi connectivity index (χ1) is 15.8. The van der Waals surface area contributed by atoms with E-state index in [2.05, 4.69) is 20.6 Å². The number of urea groups is 1. The predicted octanol–water partition coefficient (Wildman–Crippen LogP) is 4.49. The SMILES string of the molecule is CC(C)n1cnc2nc(COc3ccc(Cl)cc3NC(=O)Nc3ccccc3F)cc(=O)n21. The molecule has 4 aromatic rings. The molecule has 0 spiro atoms. The quantitative estimate of drug-likeness (QED) is 0.432. The summed E-state index contributed by atoms with van der Waals surface area (Å²) >= 11 is 6.06. The van der Waals surface area contributed by atoms with Crippen LogP contribution in [-0.4, -0.2) is 25.2 Å². The third kappa shape index (κ3) is 4.96. The third-order valence-corrected chi connectivity index (χ3v) is 4.91. The molecule has 2 aromatic heterocycles. The van der Waals surface area contributed by atoms with E-state index in [1.54, 1.807) is 29.2 Å². The van der Waals surface area contributed by atoms with E-state index in [1.165, 1.54) is 34.8 Å². The molecule has 9 nitrogen and oxygen atoms in total. The molecular weight excluding hydrogens is 451 g/mol. The number of amides is 2. The number of carbonyl (C=O) groups excluding carboxylic acids is 1. The molecular formula is C22H20ClFN6O3. The van der Waals surface area contributed by atoms with Crippen LogP contribution in [0.5, 0.6) is 5.75 Å². The minimum absolute atomic E-state index is 0.0262. The minimum Gasteiger partial charge on any atom is -0.485 e. The first kappa shape index (κ1) is 22.3. The van der Waals surface area contributed by atoms with Gasteiger partial charge in [-0.2, -0.15) is 9.50 Å². The second-order valence-electron chi connectivity index (χ2n) is 7.40. The summed E-state index contributed by atoms with van der Waals surface area (Å²) < 4.78 is 22.7. The Morgan fingerprint density at radius 2 is 1.91 bits per heavy atom. The molecule has 0 saturated carbocycles. The minimum atomic E-state index is -0.677. The van der Waals surface area contributed by atoms with Gasteiger partial charge in [0.25, 0.3) is 11.3 Å². The number of rotatable bonds is 6. The molecule has 33 heavy (non-hydrogen) atoms. The maximum atomic E-state index is 13.8. The number of para-hydroxylation sites is 1. The second kappa shape index (κ2) is 9.29. The normalized spacial score (nSPS) is 11.1. The summed E-state index contributed by atoms with van der Waals surface area (Å²) in [6.07, 6.45) is 1.55. The number of nitrogens with zero attached hydrogens (tertiary/aromatic N) is 4. The second-order valence-corrected chi connectivity index (χ2v) is 7.84. The van der Waals surface area contributed by atoms with E-state index in [0.29, 0.717) is 10.7 Å². The Hall–Kier alpha value is -3.92. The lowest BCUT2D eigenvalue weighted by Gasteiger charge is -2.14. The number of benzene rings is 2. The van der Waals surface area contributed by atoms with E-state index in [-0.39, 0.29) is 41.1 Å². The highest BCUT2D eigenvalue weighted by atomic mass is 35.5. The Morgan fingerprint density at radius 1 is 1.15 bits per heavy atom. The predicted molar refractivity (Wildman–Crippen MR) is 122 cm³/mol. The van der Waals surface area contributed by atoms with E-state index in [4.69, 9.17) is 16.3 Å². The molecule has 2 aromatic carbocycles. The summed E-state index contributed by atoms with van der Waals surface area (Å²) in [5.74, 6) is -0.0193. The number of carbonyl (C=O) groups is 1. The van der Waals surface area contributed by atoms with Crippen LogP contribution in [0.15, 0.2) is 59.7 Å². The van der Waals surface area contributed by atoms with Crippen molar-refractivity contribution >= 4 is 34.8 Å². The summed E-state index contributed by atoms with van der Waals surface area (Å²) in [5.41, 5.74) is 0.366. The largest absolute Gasteiger partial charge is 0.485 e. The Labute approximate surface area is 192 Å². The van der Waals surface area contributed by atoms with E-state index in [1.807, 2.05) is 13.8 Å². The lowest BCUT2D eigenvalue weighted by atomic mass is 10.3. The molecule has 0 bridgehead atoms. The van der Waals surface area contributed by atoms with Crippen molar-refractivity contribution in [1.29, 1.82) is 0 Å². The highest BCUT2D eigenvalue weighted by molar-refractivity contribution is 6.31. The Morgan fingerprint density at radius 3 is 2.67 bits per heavy atom. The number of nitrogens with one attached hydrogen (secondary N) is 2. The molecule has 0 atom stereocenters. The number of hydrogen-bond donors (Lipinski definition) is 2. The van der Waals surface area contributed by atoms with Crippen LogP contribution < -0.4 is 20.9 Å². The zero-order valence-electron chi connectivity index (χ0n) is 17.8. The molecule has 11 heteroatoms. The van der Waals surface area contributed by atoms with Crippen molar-refractivity contribution in [3.63, 3.8) is 0 Å². The van der Waals surface area contributed by atoms with Gasteiger partial charge < -0.3 is 15.4 Å². The number of anilines is 2. The van der Waals surface area contributed by atoms with Crippen LogP contribution in [0.2, 0.25) is 5.02 Å². The smallest absolute Gasteiger partial charge is 0.323 e. The van der Waals surface area contributed by atoms with Crippen molar-refractivity contribution in [2.75, 3.05) is 10.6 Å². The number of ether oxygens (including phenoxy) is 1. The van der Waals surface area contributed by atoms with Gasteiger partial charge in [-0.25, -0.2) is 14.2 Å².